The first-order valence-electron chi connectivity index (χ1n) is 7.34. The Morgan fingerprint density at radius 2 is 1.95 bits per heavy atom. The predicted octanol–water partition coefficient (Wildman–Crippen LogP) is 4.06. The van der Waals surface area contributed by atoms with Crippen molar-refractivity contribution < 1.29 is 9.13 Å². The van der Waals surface area contributed by atoms with Gasteiger partial charge in [-0.15, -0.1) is 0 Å². The lowest BCUT2D eigenvalue weighted by Gasteiger charge is -2.14. The zero-order chi connectivity index (χ0) is 14.8. The first-order valence-corrected chi connectivity index (χ1v) is 7.34. The van der Waals surface area contributed by atoms with Crippen molar-refractivity contribution in [3.8, 4) is 16.9 Å². The molecular formula is C18H20FNO. The molecule has 1 aliphatic carbocycles. The van der Waals surface area contributed by atoms with Crippen molar-refractivity contribution in [3.63, 3.8) is 0 Å². The number of benzene rings is 2. The summed E-state index contributed by atoms with van der Waals surface area (Å²) in [6, 6.07) is 11.7. The normalized spacial score (nSPS) is 14.2. The number of methoxy groups -OCH3 is 1. The summed E-state index contributed by atoms with van der Waals surface area (Å²) in [4.78, 5) is 0. The predicted molar refractivity (Wildman–Crippen MR) is 83.0 cm³/mol. The van der Waals surface area contributed by atoms with Gasteiger partial charge in [0.05, 0.1) is 7.11 Å². The molecule has 1 saturated carbocycles. The van der Waals surface area contributed by atoms with Crippen LogP contribution in [0.15, 0.2) is 36.4 Å². The van der Waals surface area contributed by atoms with Gasteiger partial charge in [-0.05, 0) is 55.2 Å². The minimum Gasteiger partial charge on any atom is -0.497 e. The molecule has 0 radical (unpaired) electrons. The lowest BCUT2D eigenvalue weighted by molar-refractivity contribution is 0.414. The molecule has 1 aliphatic rings. The van der Waals surface area contributed by atoms with Crippen molar-refractivity contribution in [1.29, 1.82) is 0 Å². The Labute approximate surface area is 125 Å². The van der Waals surface area contributed by atoms with Crippen LogP contribution in [-0.4, -0.2) is 13.2 Å². The standard InChI is InChI=1S/C18H20FNO/c1-12-3-8-18(19)17(9-12)16-7-6-15(21-2)10-13(16)11-20-14-4-5-14/h3,6-10,14,20H,4-5,11H2,1-2H3. The van der Waals surface area contributed by atoms with Crippen molar-refractivity contribution in [2.45, 2.75) is 32.4 Å². The quantitative estimate of drug-likeness (QED) is 0.894. The maximum Gasteiger partial charge on any atom is 0.131 e. The third-order valence-corrected chi connectivity index (χ3v) is 3.88. The molecule has 1 N–H and O–H groups in total. The molecule has 3 rings (SSSR count). The molecule has 2 aromatic rings. The van der Waals surface area contributed by atoms with E-state index in [1.54, 1.807) is 13.2 Å². The van der Waals surface area contributed by atoms with Gasteiger partial charge in [-0.25, -0.2) is 4.39 Å². The van der Waals surface area contributed by atoms with Crippen molar-refractivity contribution in [2.24, 2.45) is 0 Å². The maximum absolute atomic E-state index is 14.2. The zero-order valence-electron chi connectivity index (χ0n) is 12.4. The Morgan fingerprint density at radius 3 is 2.67 bits per heavy atom. The first kappa shape index (κ1) is 14.1. The molecule has 0 aromatic heterocycles. The molecule has 110 valence electrons. The second kappa shape index (κ2) is 5.86. The van der Waals surface area contributed by atoms with Crippen LogP contribution in [0.25, 0.3) is 11.1 Å². The van der Waals surface area contributed by atoms with E-state index in [1.807, 2.05) is 31.2 Å². The Kier molecular flexibility index (Phi) is 3.93. The molecule has 2 nitrogen and oxygen atoms in total. The van der Waals surface area contributed by atoms with E-state index in [0.29, 0.717) is 11.6 Å². The third kappa shape index (κ3) is 3.24. The van der Waals surface area contributed by atoms with Crippen LogP contribution in [-0.2, 0) is 6.54 Å². The summed E-state index contributed by atoms with van der Waals surface area (Å²) in [6.45, 7) is 2.72. The molecule has 0 atom stereocenters. The molecule has 0 amide bonds. The lowest BCUT2D eigenvalue weighted by atomic mass is 9.97. The van der Waals surface area contributed by atoms with E-state index in [4.69, 9.17) is 4.74 Å². The fourth-order valence-corrected chi connectivity index (χ4v) is 2.49. The van der Waals surface area contributed by atoms with Gasteiger partial charge < -0.3 is 10.1 Å². The van der Waals surface area contributed by atoms with Crippen molar-refractivity contribution >= 4 is 0 Å². The van der Waals surface area contributed by atoms with Crippen LogP contribution >= 0.6 is 0 Å². The molecule has 0 unspecified atom stereocenters. The van der Waals surface area contributed by atoms with Crippen LogP contribution in [0.2, 0.25) is 0 Å². The van der Waals surface area contributed by atoms with Crippen molar-refractivity contribution in [2.75, 3.05) is 7.11 Å². The minimum absolute atomic E-state index is 0.182. The third-order valence-electron chi connectivity index (χ3n) is 3.88. The van der Waals surface area contributed by atoms with Gasteiger partial charge in [0.2, 0.25) is 0 Å². The molecule has 0 bridgehead atoms. The van der Waals surface area contributed by atoms with Gasteiger partial charge >= 0.3 is 0 Å². The highest BCUT2D eigenvalue weighted by molar-refractivity contribution is 5.69. The number of hydrogen-bond donors (Lipinski definition) is 1. The number of hydrogen-bond acceptors (Lipinski definition) is 2. The number of nitrogens with one attached hydrogen (secondary N) is 1. The summed E-state index contributed by atoms with van der Waals surface area (Å²) in [5.74, 6) is 0.623. The topological polar surface area (TPSA) is 21.3 Å². The summed E-state index contributed by atoms with van der Waals surface area (Å²) in [7, 11) is 1.65. The Balaban J connectivity index is 2.00. The molecule has 1 fully saturated rings. The van der Waals surface area contributed by atoms with Gasteiger partial charge in [-0.3, -0.25) is 0 Å². The van der Waals surface area contributed by atoms with Crippen LogP contribution in [0, 0.1) is 12.7 Å². The highest BCUT2D eigenvalue weighted by Gasteiger charge is 2.21. The zero-order valence-corrected chi connectivity index (χ0v) is 12.4. The van der Waals surface area contributed by atoms with Crippen LogP contribution in [0.5, 0.6) is 5.75 Å². The molecule has 0 heterocycles. The van der Waals surface area contributed by atoms with E-state index in [9.17, 15) is 4.39 Å². The second-order valence-corrected chi connectivity index (χ2v) is 5.66. The average Bonchev–Trinajstić information content (AvgIpc) is 3.32. The number of rotatable bonds is 5. The second-order valence-electron chi connectivity index (χ2n) is 5.66. The van der Waals surface area contributed by atoms with E-state index in [2.05, 4.69) is 5.32 Å². The molecule has 2 aromatic carbocycles. The fourth-order valence-electron chi connectivity index (χ4n) is 2.49. The fraction of sp³-hybridized carbons (Fsp3) is 0.333. The minimum atomic E-state index is -0.182. The first-order chi connectivity index (χ1) is 10.2. The number of aryl methyl sites for hydroxylation is 1. The smallest absolute Gasteiger partial charge is 0.131 e. The van der Waals surface area contributed by atoms with Gasteiger partial charge in [0, 0.05) is 18.2 Å². The van der Waals surface area contributed by atoms with Gasteiger partial charge in [-0.1, -0.05) is 17.7 Å². The largest absolute Gasteiger partial charge is 0.497 e. The molecule has 3 heteroatoms. The van der Waals surface area contributed by atoms with Gasteiger partial charge in [0.15, 0.2) is 0 Å². The van der Waals surface area contributed by atoms with E-state index >= 15 is 0 Å². The summed E-state index contributed by atoms with van der Waals surface area (Å²) in [5, 5.41) is 3.49. The summed E-state index contributed by atoms with van der Waals surface area (Å²) < 4.78 is 19.5. The van der Waals surface area contributed by atoms with Crippen LogP contribution in [0.3, 0.4) is 0 Å². The van der Waals surface area contributed by atoms with Crippen molar-refractivity contribution in [1.82, 2.24) is 5.32 Å². The molecule has 0 aliphatic heterocycles. The van der Waals surface area contributed by atoms with Crippen molar-refractivity contribution in [3.05, 3.63) is 53.3 Å². The van der Waals surface area contributed by atoms with E-state index in [1.165, 1.54) is 18.9 Å². The van der Waals surface area contributed by atoms with Gasteiger partial charge in [0.25, 0.3) is 0 Å². The highest BCUT2D eigenvalue weighted by atomic mass is 19.1. The van der Waals surface area contributed by atoms with Crippen LogP contribution in [0.4, 0.5) is 4.39 Å². The molecule has 21 heavy (non-hydrogen) atoms. The lowest BCUT2D eigenvalue weighted by Crippen LogP contribution is -2.16. The maximum atomic E-state index is 14.2. The van der Waals surface area contributed by atoms with E-state index in [-0.39, 0.29) is 5.82 Å². The Hall–Kier alpha value is -1.87. The monoisotopic (exact) mass is 285 g/mol. The number of halogens is 1. The van der Waals surface area contributed by atoms with Crippen LogP contribution < -0.4 is 10.1 Å². The highest BCUT2D eigenvalue weighted by Crippen LogP contribution is 2.31. The summed E-state index contributed by atoms with van der Waals surface area (Å²) >= 11 is 0. The van der Waals surface area contributed by atoms with Crippen LogP contribution in [0.1, 0.15) is 24.0 Å². The Bertz CT molecular complexity index is 650. The molecule has 0 spiro atoms. The Morgan fingerprint density at radius 1 is 1.14 bits per heavy atom. The average molecular weight is 285 g/mol. The molecular weight excluding hydrogens is 265 g/mol. The SMILES string of the molecule is COc1ccc(-c2cc(C)ccc2F)c(CNC2CC2)c1. The summed E-state index contributed by atoms with van der Waals surface area (Å²) in [5.41, 5.74) is 3.73. The summed E-state index contributed by atoms with van der Waals surface area (Å²) in [6.07, 6.45) is 2.47. The van der Waals surface area contributed by atoms with E-state index < -0.39 is 0 Å². The molecule has 0 saturated heterocycles. The van der Waals surface area contributed by atoms with Gasteiger partial charge in [-0.2, -0.15) is 0 Å². The number of ether oxygens (including phenoxy) is 1. The van der Waals surface area contributed by atoms with Gasteiger partial charge in [0.1, 0.15) is 11.6 Å². The van der Waals surface area contributed by atoms with E-state index in [0.717, 1.165) is 29.0 Å².